The lowest BCUT2D eigenvalue weighted by atomic mass is 9.86. The van der Waals surface area contributed by atoms with E-state index in [1.807, 2.05) is 42.5 Å². The molecule has 0 saturated heterocycles. The molecule has 0 unspecified atom stereocenters. The minimum absolute atomic E-state index is 0.0307. The van der Waals surface area contributed by atoms with E-state index in [1.165, 1.54) is 16.7 Å². The van der Waals surface area contributed by atoms with Crippen molar-refractivity contribution in [2.24, 2.45) is 0 Å². The van der Waals surface area contributed by atoms with Gasteiger partial charge in [-0.05, 0) is 65.8 Å². The smallest absolute Gasteiger partial charge is 0.260 e. The molecule has 1 aromatic heterocycles. The Balaban J connectivity index is 1.75. The Hall–Kier alpha value is -2.98. The van der Waals surface area contributed by atoms with Crippen molar-refractivity contribution >= 4 is 32.6 Å². The van der Waals surface area contributed by atoms with Crippen molar-refractivity contribution in [1.82, 2.24) is 4.98 Å². The van der Waals surface area contributed by atoms with Crippen molar-refractivity contribution in [2.45, 2.75) is 46.6 Å². The average molecular weight is 429 g/mol. The number of anilines is 1. The first kappa shape index (κ1) is 21.3. The molecular formula is C27H28N2OS. The molecule has 4 aromatic rings. The molecule has 0 aliphatic carbocycles. The zero-order valence-electron chi connectivity index (χ0n) is 18.8. The lowest BCUT2D eigenvalue weighted by Crippen LogP contribution is -2.30. The minimum atomic E-state index is -0.0307. The zero-order chi connectivity index (χ0) is 22.2. The number of carbonyl (C=O) groups is 1. The Bertz CT molecular complexity index is 1180. The molecule has 0 N–H and O–H groups in total. The van der Waals surface area contributed by atoms with E-state index in [1.54, 1.807) is 16.2 Å². The number of benzene rings is 3. The van der Waals surface area contributed by atoms with Gasteiger partial charge in [0.2, 0.25) is 0 Å². The number of aryl methyl sites for hydroxylation is 2. The third-order valence-corrected chi connectivity index (χ3v) is 6.69. The highest BCUT2D eigenvalue weighted by atomic mass is 32.1. The van der Waals surface area contributed by atoms with Crippen LogP contribution < -0.4 is 4.90 Å². The number of nitrogens with zero attached hydrogens (tertiary/aromatic N) is 2. The van der Waals surface area contributed by atoms with Gasteiger partial charge in [0.15, 0.2) is 5.13 Å². The van der Waals surface area contributed by atoms with Gasteiger partial charge < -0.3 is 0 Å². The predicted molar refractivity (Wildman–Crippen MR) is 131 cm³/mol. The van der Waals surface area contributed by atoms with Gasteiger partial charge in [-0.15, -0.1) is 0 Å². The van der Waals surface area contributed by atoms with Gasteiger partial charge >= 0.3 is 0 Å². The molecule has 0 aliphatic rings. The average Bonchev–Trinajstić information content (AvgIpc) is 3.14. The highest BCUT2D eigenvalue weighted by Crippen LogP contribution is 2.33. The van der Waals surface area contributed by atoms with E-state index in [-0.39, 0.29) is 11.3 Å². The van der Waals surface area contributed by atoms with Crippen molar-refractivity contribution in [3.63, 3.8) is 0 Å². The van der Waals surface area contributed by atoms with Crippen LogP contribution in [0.4, 0.5) is 5.13 Å². The molecule has 0 aliphatic heterocycles. The normalized spacial score (nSPS) is 11.6. The minimum Gasteiger partial charge on any atom is -0.279 e. The van der Waals surface area contributed by atoms with Crippen molar-refractivity contribution in [3.05, 3.63) is 94.5 Å². The first-order chi connectivity index (χ1) is 14.7. The molecule has 3 nitrogen and oxygen atoms in total. The summed E-state index contributed by atoms with van der Waals surface area (Å²) in [6.45, 7) is 11.2. The van der Waals surface area contributed by atoms with E-state index >= 15 is 0 Å². The molecule has 0 spiro atoms. The quantitative estimate of drug-likeness (QED) is 0.349. The maximum atomic E-state index is 13.6. The number of amides is 1. The molecule has 1 amide bonds. The second-order valence-corrected chi connectivity index (χ2v) is 10.1. The largest absolute Gasteiger partial charge is 0.279 e. The lowest BCUT2D eigenvalue weighted by Gasteiger charge is -2.22. The molecule has 0 radical (unpaired) electrons. The summed E-state index contributed by atoms with van der Waals surface area (Å²) in [4.78, 5) is 20.3. The zero-order valence-corrected chi connectivity index (χ0v) is 19.6. The Morgan fingerprint density at radius 1 is 0.935 bits per heavy atom. The Kier molecular flexibility index (Phi) is 5.67. The number of aromatic nitrogens is 1. The van der Waals surface area contributed by atoms with Gasteiger partial charge in [-0.1, -0.05) is 74.6 Å². The van der Waals surface area contributed by atoms with Crippen molar-refractivity contribution in [2.75, 3.05) is 4.90 Å². The fourth-order valence-corrected chi connectivity index (χ4v) is 4.59. The first-order valence-electron chi connectivity index (χ1n) is 10.6. The summed E-state index contributed by atoms with van der Waals surface area (Å²) in [6.07, 6.45) is 0. The van der Waals surface area contributed by atoms with Crippen LogP contribution in [0.2, 0.25) is 0 Å². The second kappa shape index (κ2) is 8.27. The van der Waals surface area contributed by atoms with Crippen LogP contribution in [0.5, 0.6) is 0 Å². The third kappa shape index (κ3) is 4.54. The number of carbonyl (C=O) groups excluding carboxylic acids is 1. The van der Waals surface area contributed by atoms with E-state index in [0.717, 1.165) is 20.9 Å². The molecule has 0 bridgehead atoms. The lowest BCUT2D eigenvalue weighted by molar-refractivity contribution is 0.0985. The summed E-state index contributed by atoms with van der Waals surface area (Å²) < 4.78 is 1.10. The number of rotatable bonds is 4. The van der Waals surface area contributed by atoms with E-state index in [0.29, 0.717) is 12.1 Å². The summed E-state index contributed by atoms with van der Waals surface area (Å²) in [7, 11) is 0. The van der Waals surface area contributed by atoms with Crippen LogP contribution in [-0.2, 0) is 12.0 Å². The van der Waals surface area contributed by atoms with Crippen molar-refractivity contribution in [3.8, 4) is 0 Å². The van der Waals surface area contributed by atoms with Crippen LogP contribution in [0.15, 0.2) is 66.7 Å². The van der Waals surface area contributed by atoms with Crippen LogP contribution in [-0.4, -0.2) is 10.9 Å². The molecule has 3 aromatic carbocycles. The Morgan fingerprint density at radius 3 is 2.23 bits per heavy atom. The van der Waals surface area contributed by atoms with Crippen LogP contribution in [0.1, 0.15) is 53.4 Å². The standard InChI is InChI=1S/C27H28N2OS/c1-18-15-23-24(16-19(18)2)31-26(28-23)29(17-20-9-7-6-8-10-20)25(30)21-11-13-22(14-12-21)27(3,4)5/h6-16H,17H2,1-5H3. The molecule has 31 heavy (non-hydrogen) atoms. The van der Waals surface area contributed by atoms with Crippen molar-refractivity contribution in [1.29, 1.82) is 0 Å². The summed E-state index contributed by atoms with van der Waals surface area (Å²) in [5.74, 6) is -0.0307. The highest BCUT2D eigenvalue weighted by Gasteiger charge is 2.23. The van der Waals surface area contributed by atoms with E-state index < -0.39 is 0 Å². The third-order valence-electron chi connectivity index (χ3n) is 5.65. The number of thiazole rings is 1. The van der Waals surface area contributed by atoms with Gasteiger partial charge in [-0.3, -0.25) is 9.69 Å². The van der Waals surface area contributed by atoms with Crippen LogP contribution in [0, 0.1) is 13.8 Å². The Labute approximate surface area is 188 Å². The van der Waals surface area contributed by atoms with Crippen LogP contribution in [0.3, 0.4) is 0 Å². The number of hydrogen-bond acceptors (Lipinski definition) is 3. The topological polar surface area (TPSA) is 33.2 Å². The van der Waals surface area contributed by atoms with Gasteiger partial charge in [0, 0.05) is 5.56 Å². The summed E-state index contributed by atoms with van der Waals surface area (Å²) in [5.41, 5.74) is 6.41. The van der Waals surface area contributed by atoms with E-state index in [4.69, 9.17) is 4.98 Å². The van der Waals surface area contributed by atoms with Crippen LogP contribution in [0.25, 0.3) is 10.2 Å². The van der Waals surface area contributed by atoms with Gasteiger partial charge in [0.25, 0.3) is 5.91 Å². The van der Waals surface area contributed by atoms with E-state index in [2.05, 4.69) is 58.9 Å². The van der Waals surface area contributed by atoms with Gasteiger partial charge in [0.1, 0.15) is 0 Å². The summed E-state index contributed by atoms with van der Waals surface area (Å²) >= 11 is 1.57. The molecule has 4 rings (SSSR count). The molecule has 4 heteroatoms. The van der Waals surface area contributed by atoms with Gasteiger partial charge in [-0.2, -0.15) is 0 Å². The Morgan fingerprint density at radius 2 is 1.58 bits per heavy atom. The SMILES string of the molecule is Cc1cc2nc(N(Cc3ccccc3)C(=O)c3ccc(C(C)(C)C)cc3)sc2cc1C. The van der Waals surface area contributed by atoms with Crippen molar-refractivity contribution < 1.29 is 4.79 Å². The molecule has 0 saturated carbocycles. The maximum absolute atomic E-state index is 13.6. The fraction of sp³-hybridized carbons (Fsp3) is 0.259. The monoisotopic (exact) mass is 428 g/mol. The molecule has 0 fully saturated rings. The van der Waals surface area contributed by atoms with Gasteiger partial charge in [-0.25, -0.2) is 4.98 Å². The first-order valence-corrected chi connectivity index (χ1v) is 11.4. The number of fused-ring (bicyclic) bond motifs is 1. The predicted octanol–water partition coefficient (Wildman–Crippen LogP) is 7.06. The number of hydrogen-bond donors (Lipinski definition) is 0. The summed E-state index contributed by atoms with van der Waals surface area (Å²) in [6, 6.07) is 22.3. The molecule has 158 valence electrons. The van der Waals surface area contributed by atoms with Gasteiger partial charge in [0.05, 0.1) is 16.8 Å². The maximum Gasteiger partial charge on any atom is 0.260 e. The molecule has 1 heterocycles. The molecular weight excluding hydrogens is 400 g/mol. The fourth-order valence-electron chi connectivity index (χ4n) is 3.54. The summed E-state index contributed by atoms with van der Waals surface area (Å²) in [5, 5.41) is 0.730. The van der Waals surface area contributed by atoms with Crippen LogP contribution >= 0.6 is 11.3 Å². The highest BCUT2D eigenvalue weighted by molar-refractivity contribution is 7.22. The molecule has 0 atom stereocenters. The second-order valence-electron chi connectivity index (χ2n) is 9.10. The van der Waals surface area contributed by atoms with E-state index in [9.17, 15) is 4.79 Å².